The summed E-state index contributed by atoms with van der Waals surface area (Å²) in [6, 6.07) is 3.46. The van der Waals surface area contributed by atoms with E-state index in [9.17, 15) is 13.2 Å². The Morgan fingerprint density at radius 3 is 2.31 bits per heavy atom. The highest BCUT2D eigenvalue weighted by Gasteiger charge is 2.28. The second kappa shape index (κ2) is 8.70. The zero-order valence-electron chi connectivity index (χ0n) is 15.7. The van der Waals surface area contributed by atoms with Crippen LogP contribution in [0.15, 0.2) is 23.1 Å². The number of nitrogens with one attached hydrogen (secondary N) is 1. The van der Waals surface area contributed by atoms with Crippen LogP contribution < -0.4 is 14.2 Å². The van der Waals surface area contributed by atoms with Crippen molar-refractivity contribution in [1.82, 2.24) is 14.5 Å². The summed E-state index contributed by atoms with van der Waals surface area (Å²) >= 11 is 0. The largest absolute Gasteiger partial charge is 0.493 e. The third-order valence-electron chi connectivity index (χ3n) is 4.50. The van der Waals surface area contributed by atoms with Gasteiger partial charge in [0.25, 0.3) is 0 Å². The summed E-state index contributed by atoms with van der Waals surface area (Å²) in [4.78, 5) is 16.5. The molecule has 9 heteroatoms. The molecular formula is C17H27N3O5S. The number of nitrogens with zero attached hydrogens (tertiary/aromatic N) is 2. The lowest BCUT2D eigenvalue weighted by Gasteiger charge is -2.35. The quantitative estimate of drug-likeness (QED) is 0.737. The second-order valence-corrected chi connectivity index (χ2v) is 7.83. The minimum Gasteiger partial charge on any atom is -0.493 e. The average molecular weight is 385 g/mol. The number of sulfonamides is 1. The number of carbonyl (C=O) groups excluding carboxylic acids is 1. The van der Waals surface area contributed by atoms with Crippen LogP contribution in [0.2, 0.25) is 0 Å². The van der Waals surface area contributed by atoms with Gasteiger partial charge in [-0.1, -0.05) is 6.92 Å². The topological polar surface area (TPSA) is 88.2 Å². The van der Waals surface area contributed by atoms with Crippen LogP contribution in [0.3, 0.4) is 0 Å². The zero-order chi connectivity index (χ0) is 19.3. The summed E-state index contributed by atoms with van der Waals surface area (Å²) in [5.74, 6) is 0.527. The van der Waals surface area contributed by atoms with Gasteiger partial charge >= 0.3 is 0 Å². The maximum Gasteiger partial charge on any atom is 0.241 e. The first-order valence-corrected chi connectivity index (χ1v) is 10.1. The normalized spacial score (nSPS) is 17.0. The van der Waals surface area contributed by atoms with Gasteiger partial charge in [-0.05, 0) is 25.6 Å². The van der Waals surface area contributed by atoms with Gasteiger partial charge in [0.2, 0.25) is 15.9 Å². The van der Waals surface area contributed by atoms with Crippen LogP contribution in [-0.4, -0.2) is 77.1 Å². The molecule has 0 saturated carbocycles. The van der Waals surface area contributed by atoms with Gasteiger partial charge in [0.1, 0.15) is 0 Å². The van der Waals surface area contributed by atoms with Crippen molar-refractivity contribution in [2.24, 2.45) is 0 Å². The molecule has 0 aromatic heterocycles. The Morgan fingerprint density at radius 1 is 1.15 bits per heavy atom. The SMILES string of the molecule is CCN1CCN(C(=O)[C@@H](C)NS(=O)(=O)c2ccc(OC)c(OC)c2)CC1. The molecule has 1 atom stereocenters. The Labute approximate surface area is 155 Å². The van der Waals surface area contributed by atoms with Crippen molar-refractivity contribution in [3.8, 4) is 11.5 Å². The molecule has 0 bridgehead atoms. The first kappa shape index (κ1) is 20.5. The van der Waals surface area contributed by atoms with Crippen molar-refractivity contribution in [1.29, 1.82) is 0 Å². The van der Waals surface area contributed by atoms with Crippen LogP contribution in [0.25, 0.3) is 0 Å². The third-order valence-corrected chi connectivity index (χ3v) is 6.04. The molecule has 1 saturated heterocycles. The minimum absolute atomic E-state index is 0.0191. The highest BCUT2D eigenvalue weighted by Crippen LogP contribution is 2.29. The van der Waals surface area contributed by atoms with Gasteiger partial charge in [-0.2, -0.15) is 4.72 Å². The lowest BCUT2D eigenvalue weighted by atomic mass is 10.2. The van der Waals surface area contributed by atoms with Gasteiger partial charge in [-0.15, -0.1) is 0 Å². The van der Waals surface area contributed by atoms with E-state index in [1.807, 2.05) is 0 Å². The summed E-state index contributed by atoms with van der Waals surface area (Å²) in [5, 5.41) is 0. The third kappa shape index (κ3) is 4.66. The monoisotopic (exact) mass is 385 g/mol. The Balaban J connectivity index is 2.07. The first-order chi connectivity index (χ1) is 12.3. The fourth-order valence-corrected chi connectivity index (χ4v) is 4.10. The molecular weight excluding hydrogens is 358 g/mol. The number of amides is 1. The molecule has 1 fully saturated rings. The Hall–Kier alpha value is -1.84. The number of ether oxygens (including phenoxy) is 2. The fourth-order valence-electron chi connectivity index (χ4n) is 2.89. The van der Waals surface area contributed by atoms with Crippen molar-refractivity contribution >= 4 is 15.9 Å². The van der Waals surface area contributed by atoms with E-state index in [0.717, 1.165) is 19.6 Å². The molecule has 0 radical (unpaired) electrons. The van der Waals surface area contributed by atoms with E-state index in [1.165, 1.54) is 32.4 Å². The standard InChI is InChI=1S/C17H27N3O5S/c1-5-19-8-10-20(11-9-19)17(21)13(2)18-26(22,23)14-6-7-15(24-3)16(12-14)25-4/h6-7,12-13,18H,5,8-11H2,1-4H3/t13-/m1/s1. The Kier molecular flexibility index (Phi) is 6.85. The lowest BCUT2D eigenvalue weighted by molar-refractivity contribution is -0.134. The molecule has 1 amide bonds. The van der Waals surface area contributed by atoms with E-state index in [1.54, 1.807) is 11.8 Å². The molecule has 146 valence electrons. The smallest absolute Gasteiger partial charge is 0.241 e. The molecule has 1 heterocycles. The van der Waals surface area contributed by atoms with E-state index in [0.29, 0.717) is 24.6 Å². The average Bonchev–Trinajstić information content (AvgIpc) is 2.66. The van der Waals surface area contributed by atoms with Crippen LogP contribution in [-0.2, 0) is 14.8 Å². The van der Waals surface area contributed by atoms with Crippen LogP contribution in [0.1, 0.15) is 13.8 Å². The van der Waals surface area contributed by atoms with Gasteiger partial charge in [0.05, 0.1) is 25.2 Å². The molecule has 1 aromatic rings. The van der Waals surface area contributed by atoms with Gasteiger partial charge < -0.3 is 19.3 Å². The Bertz CT molecular complexity index is 730. The molecule has 26 heavy (non-hydrogen) atoms. The summed E-state index contributed by atoms with van der Waals surface area (Å²) in [6.07, 6.45) is 0. The Morgan fingerprint density at radius 2 is 1.77 bits per heavy atom. The molecule has 0 unspecified atom stereocenters. The predicted octanol–water partition coefficient (Wildman–Crippen LogP) is 0.535. The fraction of sp³-hybridized carbons (Fsp3) is 0.588. The highest BCUT2D eigenvalue weighted by atomic mass is 32.2. The zero-order valence-corrected chi connectivity index (χ0v) is 16.5. The number of methoxy groups -OCH3 is 2. The molecule has 0 aliphatic carbocycles. The summed E-state index contributed by atoms with van der Waals surface area (Å²) in [5.41, 5.74) is 0. The van der Waals surface area contributed by atoms with Crippen LogP contribution in [0, 0.1) is 0 Å². The molecule has 1 aliphatic heterocycles. The van der Waals surface area contributed by atoms with Crippen molar-refractivity contribution in [2.45, 2.75) is 24.8 Å². The van der Waals surface area contributed by atoms with Crippen molar-refractivity contribution < 1.29 is 22.7 Å². The van der Waals surface area contributed by atoms with Crippen LogP contribution in [0.5, 0.6) is 11.5 Å². The second-order valence-electron chi connectivity index (χ2n) is 6.12. The molecule has 1 aliphatic rings. The van der Waals surface area contributed by atoms with Gasteiger partial charge in [0.15, 0.2) is 11.5 Å². The lowest BCUT2D eigenvalue weighted by Crippen LogP contribution is -2.54. The van der Waals surface area contributed by atoms with E-state index in [4.69, 9.17) is 9.47 Å². The van der Waals surface area contributed by atoms with E-state index >= 15 is 0 Å². The van der Waals surface area contributed by atoms with E-state index < -0.39 is 16.1 Å². The number of likely N-dealkylation sites (N-methyl/N-ethyl adjacent to an activating group) is 1. The number of benzene rings is 1. The predicted molar refractivity (Wildman–Crippen MR) is 98.0 cm³/mol. The molecule has 1 N–H and O–H groups in total. The molecule has 2 rings (SSSR count). The highest BCUT2D eigenvalue weighted by molar-refractivity contribution is 7.89. The maximum absolute atomic E-state index is 12.6. The van der Waals surface area contributed by atoms with Crippen LogP contribution >= 0.6 is 0 Å². The van der Waals surface area contributed by atoms with Crippen molar-refractivity contribution in [3.05, 3.63) is 18.2 Å². The van der Waals surface area contributed by atoms with Crippen molar-refractivity contribution in [3.63, 3.8) is 0 Å². The number of piperazine rings is 1. The van der Waals surface area contributed by atoms with Gasteiger partial charge in [-0.3, -0.25) is 4.79 Å². The summed E-state index contributed by atoms with van der Waals surface area (Å²) in [7, 11) is -0.950. The molecule has 1 aromatic carbocycles. The van der Waals surface area contributed by atoms with Crippen LogP contribution in [0.4, 0.5) is 0 Å². The number of carbonyl (C=O) groups is 1. The number of rotatable bonds is 7. The number of hydrogen-bond acceptors (Lipinski definition) is 6. The molecule has 8 nitrogen and oxygen atoms in total. The van der Waals surface area contributed by atoms with Gasteiger partial charge in [-0.25, -0.2) is 8.42 Å². The maximum atomic E-state index is 12.6. The van der Waals surface area contributed by atoms with E-state index in [-0.39, 0.29) is 10.8 Å². The summed E-state index contributed by atoms with van der Waals surface area (Å²) < 4.78 is 37.9. The summed E-state index contributed by atoms with van der Waals surface area (Å²) in [6.45, 7) is 7.41. The van der Waals surface area contributed by atoms with Crippen molar-refractivity contribution in [2.75, 3.05) is 46.9 Å². The molecule has 0 spiro atoms. The minimum atomic E-state index is -3.86. The van der Waals surface area contributed by atoms with E-state index in [2.05, 4.69) is 16.5 Å². The first-order valence-electron chi connectivity index (χ1n) is 8.58. The van der Waals surface area contributed by atoms with Gasteiger partial charge in [0, 0.05) is 32.2 Å². The number of hydrogen-bond donors (Lipinski definition) is 1.